The molecule has 27 heavy (non-hydrogen) atoms. The zero-order valence-corrected chi connectivity index (χ0v) is 16.0. The molecule has 0 aliphatic heterocycles. The van der Waals surface area contributed by atoms with Crippen LogP contribution >= 0.6 is 12.2 Å². The van der Waals surface area contributed by atoms with Crippen molar-refractivity contribution in [1.29, 1.82) is 0 Å². The van der Waals surface area contributed by atoms with Gasteiger partial charge in [-0.3, -0.25) is 4.79 Å². The summed E-state index contributed by atoms with van der Waals surface area (Å²) >= 11 is 5.22. The molecule has 1 heterocycles. The van der Waals surface area contributed by atoms with Gasteiger partial charge in [0.25, 0.3) is 0 Å². The number of carbonyl (C=O) groups is 2. The summed E-state index contributed by atoms with van der Waals surface area (Å²) in [5.74, 6) is -0.549. The molecule has 0 bridgehead atoms. The molecule has 0 aliphatic rings. The fourth-order valence-corrected chi connectivity index (χ4v) is 2.67. The third kappa shape index (κ3) is 5.82. The fourth-order valence-electron chi connectivity index (χ4n) is 2.44. The number of hydrogen-bond acceptors (Lipinski definition) is 5. The van der Waals surface area contributed by atoms with Crippen molar-refractivity contribution >= 4 is 34.9 Å². The van der Waals surface area contributed by atoms with Crippen molar-refractivity contribution in [3.8, 4) is 17.1 Å². The van der Waals surface area contributed by atoms with Gasteiger partial charge in [0.05, 0.1) is 12.8 Å². The van der Waals surface area contributed by atoms with Gasteiger partial charge in [0.15, 0.2) is 5.11 Å². The number of carbonyl (C=O) groups excluding carboxylic acids is 1. The first-order chi connectivity index (χ1) is 12.9. The first kappa shape index (κ1) is 20.4. The summed E-state index contributed by atoms with van der Waals surface area (Å²) in [5, 5.41) is 14.8. The molecule has 0 radical (unpaired) electrons. The molecule has 2 rings (SSSR count). The van der Waals surface area contributed by atoms with E-state index in [1.165, 1.54) is 13.2 Å². The van der Waals surface area contributed by atoms with E-state index in [9.17, 15) is 9.59 Å². The summed E-state index contributed by atoms with van der Waals surface area (Å²) in [6, 6.07) is 8.06. The van der Waals surface area contributed by atoms with Crippen molar-refractivity contribution < 1.29 is 23.8 Å². The Labute approximate surface area is 162 Å². The van der Waals surface area contributed by atoms with Crippen LogP contribution in [0.1, 0.15) is 43.2 Å². The number of carboxylic acids is 1. The lowest BCUT2D eigenvalue weighted by atomic mass is 10.1. The number of carboxylic acid groups (broad SMARTS) is 1. The Kier molecular flexibility index (Phi) is 7.36. The number of ether oxygens (including phenoxy) is 1. The maximum atomic E-state index is 11.9. The lowest BCUT2D eigenvalue weighted by Crippen LogP contribution is -2.34. The summed E-state index contributed by atoms with van der Waals surface area (Å²) in [4.78, 5) is 23.0. The summed E-state index contributed by atoms with van der Waals surface area (Å²) in [5.41, 5.74) is 1.12. The van der Waals surface area contributed by atoms with E-state index in [2.05, 4.69) is 17.6 Å². The second-order valence-electron chi connectivity index (χ2n) is 5.84. The van der Waals surface area contributed by atoms with Crippen molar-refractivity contribution in [1.82, 2.24) is 5.32 Å². The Morgan fingerprint density at radius 2 is 2.00 bits per heavy atom. The molecule has 0 saturated heterocycles. The molecule has 0 fully saturated rings. The smallest absolute Gasteiger partial charge is 0.371 e. The number of thiocarbonyl (C=S) groups is 1. The van der Waals surface area contributed by atoms with Gasteiger partial charge in [0, 0.05) is 18.1 Å². The Bertz CT molecular complexity index is 831. The maximum absolute atomic E-state index is 11.9. The van der Waals surface area contributed by atoms with Crippen LogP contribution in [0.4, 0.5) is 5.69 Å². The predicted octanol–water partition coefficient (Wildman–Crippen LogP) is 4.05. The first-order valence-electron chi connectivity index (χ1n) is 8.57. The van der Waals surface area contributed by atoms with Gasteiger partial charge < -0.3 is 24.9 Å². The van der Waals surface area contributed by atoms with Crippen molar-refractivity contribution in [2.75, 3.05) is 12.4 Å². The third-order valence-corrected chi connectivity index (χ3v) is 4.02. The third-order valence-electron chi connectivity index (χ3n) is 3.82. The average Bonchev–Trinajstić information content (AvgIpc) is 3.12. The Morgan fingerprint density at radius 3 is 2.63 bits per heavy atom. The van der Waals surface area contributed by atoms with Crippen molar-refractivity contribution in [2.45, 2.75) is 32.6 Å². The second-order valence-corrected chi connectivity index (χ2v) is 6.25. The minimum atomic E-state index is -1.15. The van der Waals surface area contributed by atoms with Crippen LogP contribution in [0, 0.1) is 0 Å². The lowest BCUT2D eigenvalue weighted by Gasteiger charge is -2.14. The number of methoxy groups -OCH3 is 1. The average molecular weight is 390 g/mol. The van der Waals surface area contributed by atoms with E-state index in [-0.39, 0.29) is 16.8 Å². The molecule has 0 aliphatic carbocycles. The molecule has 8 heteroatoms. The molecule has 1 amide bonds. The van der Waals surface area contributed by atoms with Crippen LogP contribution < -0.4 is 15.4 Å². The van der Waals surface area contributed by atoms with E-state index >= 15 is 0 Å². The number of benzene rings is 1. The quantitative estimate of drug-likeness (QED) is 0.462. The second kappa shape index (κ2) is 9.72. The van der Waals surface area contributed by atoms with E-state index < -0.39 is 5.97 Å². The van der Waals surface area contributed by atoms with Gasteiger partial charge in [-0.1, -0.05) is 19.8 Å². The zero-order chi connectivity index (χ0) is 19.8. The standard InChI is InChI=1S/C19H22N2O5S/c1-3-4-5-6-17(22)21-19(27)20-14-11-12(25-2)7-8-13(14)15-9-10-16(26-15)18(23)24/h7-11H,3-6H2,1-2H3,(H,23,24)(H2,20,21,22,27). The first-order valence-corrected chi connectivity index (χ1v) is 8.97. The number of amides is 1. The minimum Gasteiger partial charge on any atom is -0.497 e. The lowest BCUT2D eigenvalue weighted by molar-refractivity contribution is -0.119. The number of aromatic carboxylic acids is 1. The Balaban J connectivity index is 2.17. The van der Waals surface area contributed by atoms with Gasteiger partial charge in [-0.15, -0.1) is 0 Å². The molecule has 2 aromatic rings. The summed E-state index contributed by atoms with van der Waals surface area (Å²) in [6.45, 7) is 2.07. The van der Waals surface area contributed by atoms with Crippen molar-refractivity contribution in [3.05, 3.63) is 36.1 Å². The number of unbranched alkanes of at least 4 members (excludes halogenated alkanes) is 2. The molecule has 1 aromatic carbocycles. The van der Waals surface area contributed by atoms with Crippen molar-refractivity contribution in [3.63, 3.8) is 0 Å². The summed E-state index contributed by atoms with van der Waals surface area (Å²) in [6.07, 6.45) is 3.23. The molecule has 0 saturated carbocycles. The monoisotopic (exact) mass is 390 g/mol. The van der Waals surface area contributed by atoms with Crippen LogP contribution in [0.3, 0.4) is 0 Å². The van der Waals surface area contributed by atoms with Crippen LogP contribution in [0.25, 0.3) is 11.3 Å². The highest BCUT2D eigenvalue weighted by Gasteiger charge is 2.15. The van der Waals surface area contributed by atoms with E-state index in [0.717, 1.165) is 19.3 Å². The van der Waals surface area contributed by atoms with Gasteiger partial charge in [0.1, 0.15) is 11.5 Å². The number of anilines is 1. The van der Waals surface area contributed by atoms with Crippen LogP contribution in [-0.2, 0) is 4.79 Å². The van der Waals surface area contributed by atoms with Gasteiger partial charge in [0.2, 0.25) is 11.7 Å². The van der Waals surface area contributed by atoms with E-state index in [0.29, 0.717) is 29.2 Å². The van der Waals surface area contributed by atoms with Crippen LogP contribution in [-0.4, -0.2) is 29.2 Å². The number of rotatable bonds is 8. The Hall–Kier alpha value is -2.87. The highest BCUT2D eigenvalue weighted by molar-refractivity contribution is 7.80. The molecular formula is C19H22N2O5S. The largest absolute Gasteiger partial charge is 0.497 e. The molecule has 0 spiro atoms. The predicted molar refractivity (Wildman–Crippen MR) is 106 cm³/mol. The van der Waals surface area contributed by atoms with E-state index in [4.69, 9.17) is 26.5 Å². The highest BCUT2D eigenvalue weighted by Crippen LogP contribution is 2.32. The molecule has 0 unspecified atom stereocenters. The highest BCUT2D eigenvalue weighted by atomic mass is 32.1. The van der Waals surface area contributed by atoms with E-state index in [1.807, 2.05) is 0 Å². The topological polar surface area (TPSA) is 101 Å². The summed E-state index contributed by atoms with van der Waals surface area (Å²) in [7, 11) is 1.53. The molecule has 3 N–H and O–H groups in total. The number of furan rings is 1. The SMILES string of the molecule is CCCCCC(=O)NC(=S)Nc1cc(OC)ccc1-c1ccc(C(=O)O)o1. The van der Waals surface area contributed by atoms with Gasteiger partial charge in [-0.05, 0) is 42.9 Å². The summed E-state index contributed by atoms with van der Waals surface area (Å²) < 4.78 is 10.6. The van der Waals surface area contributed by atoms with Gasteiger partial charge >= 0.3 is 5.97 Å². The van der Waals surface area contributed by atoms with E-state index in [1.54, 1.807) is 24.3 Å². The normalized spacial score (nSPS) is 10.3. The maximum Gasteiger partial charge on any atom is 0.371 e. The zero-order valence-electron chi connectivity index (χ0n) is 15.2. The van der Waals surface area contributed by atoms with Gasteiger partial charge in [-0.25, -0.2) is 4.79 Å². The number of nitrogens with one attached hydrogen (secondary N) is 2. The molecular weight excluding hydrogens is 368 g/mol. The van der Waals surface area contributed by atoms with Crippen LogP contribution in [0.15, 0.2) is 34.7 Å². The Morgan fingerprint density at radius 1 is 1.22 bits per heavy atom. The fraction of sp³-hybridized carbons (Fsp3) is 0.316. The number of hydrogen-bond donors (Lipinski definition) is 3. The van der Waals surface area contributed by atoms with Crippen LogP contribution in [0.5, 0.6) is 5.75 Å². The minimum absolute atomic E-state index is 0.149. The molecule has 144 valence electrons. The molecule has 1 aromatic heterocycles. The van der Waals surface area contributed by atoms with Gasteiger partial charge in [-0.2, -0.15) is 0 Å². The van der Waals surface area contributed by atoms with Crippen molar-refractivity contribution in [2.24, 2.45) is 0 Å². The molecule has 0 atom stereocenters. The van der Waals surface area contributed by atoms with Crippen LogP contribution in [0.2, 0.25) is 0 Å². The molecule has 7 nitrogen and oxygen atoms in total.